The van der Waals surface area contributed by atoms with Crippen molar-refractivity contribution < 1.29 is 14.3 Å². The molecule has 0 rings (SSSR count). The molecule has 0 fully saturated rings. The van der Waals surface area contributed by atoms with Gasteiger partial charge in [0.1, 0.15) is 6.61 Å². The van der Waals surface area contributed by atoms with Gasteiger partial charge in [0, 0.05) is 34.3 Å². The van der Waals surface area contributed by atoms with Gasteiger partial charge in [-0.3, -0.25) is 4.79 Å². The summed E-state index contributed by atoms with van der Waals surface area (Å²) in [5, 5.41) is 5.19. The Morgan fingerprint density at radius 2 is 1.79 bits per heavy atom. The number of hydrogen-bond donors (Lipinski definition) is 2. The van der Waals surface area contributed by atoms with Crippen LogP contribution in [-0.4, -0.2) is 57.7 Å². The first kappa shape index (κ1) is 12.7. The average Bonchev–Trinajstić information content (AvgIpc) is 2.12. The predicted octanol–water partition coefficient (Wildman–Crippen LogP) is -0.980. The molecule has 0 spiro atoms. The summed E-state index contributed by atoms with van der Waals surface area (Å²) >= 11 is 0. The molecule has 0 aromatic rings. The second kappa shape index (κ2) is 7.14. The van der Waals surface area contributed by atoms with E-state index in [1.807, 2.05) is 0 Å². The highest BCUT2D eigenvalue weighted by molar-refractivity contribution is 5.77. The van der Waals surface area contributed by atoms with E-state index in [9.17, 15) is 9.59 Å². The van der Waals surface area contributed by atoms with Gasteiger partial charge in [0.25, 0.3) is 0 Å². The number of nitrogens with zero attached hydrogens (tertiary/aromatic N) is 1. The van der Waals surface area contributed by atoms with Crippen LogP contribution in [-0.2, 0) is 9.53 Å². The van der Waals surface area contributed by atoms with Crippen LogP contribution in [0.5, 0.6) is 0 Å². The molecule has 0 aromatic heterocycles. The summed E-state index contributed by atoms with van der Waals surface area (Å²) < 4.78 is 4.61. The van der Waals surface area contributed by atoms with Gasteiger partial charge in [-0.25, -0.2) is 4.79 Å². The summed E-state index contributed by atoms with van der Waals surface area (Å²) in [7, 11) is 4.76. The largest absolute Gasteiger partial charge is 0.375 e. The first-order valence-electron chi connectivity index (χ1n) is 4.28. The molecule has 3 amide bonds. The van der Waals surface area contributed by atoms with E-state index in [1.165, 1.54) is 12.0 Å². The van der Waals surface area contributed by atoms with Crippen LogP contribution in [0.3, 0.4) is 0 Å². The summed E-state index contributed by atoms with van der Waals surface area (Å²) in [5.41, 5.74) is 0. The maximum atomic E-state index is 11.0. The van der Waals surface area contributed by atoms with Gasteiger partial charge >= 0.3 is 6.03 Å². The molecule has 0 aliphatic rings. The molecule has 0 unspecified atom stereocenters. The SMILES string of the molecule is COCC(=O)NCCNC(=O)N(C)C. The Kier molecular flexibility index (Phi) is 6.47. The zero-order chi connectivity index (χ0) is 11.0. The Hall–Kier alpha value is -1.30. The molecular formula is C8H17N3O3. The lowest BCUT2D eigenvalue weighted by Crippen LogP contribution is -2.40. The number of carbonyl (C=O) groups excluding carboxylic acids is 2. The number of nitrogens with one attached hydrogen (secondary N) is 2. The van der Waals surface area contributed by atoms with Gasteiger partial charge in [0.05, 0.1) is 0 Å². The van der Waals surface area contributed by atoms with Gasteiger partial charge in [-0.2, -0.15) is 0 Å². The van der Waals surface area contributed by atoms with Crippen LogP contribution < -0.4 is 10.6 Å². The van der Waals surface area contributed by atoms with E-state index < -0.39 is 0 Å². The fourth-order valence-corrected chi connectivity index (χ4v) is 0.712. The normalized spacial score (nSPS) is 9.36. The van der Waals surface area contributed by atoms with Crippen LogP contribution in [0.2, 0.25) is 0 Å². The van der Waals surface area contributed by atoms with Crippen molar-refractivity contribution in [3.05, 3.63) is 0 Å². The molecule has 0 aromatic carbocycles. The molecule has 0 saturated heterocycles. The highest BCUT2D eigenvalue weighted by atomic mass is 16.5. The Morgan fingerprint density at radius 1 is 1.21 bits per heavy atom. The number of rotatable bonds is 5. The molecule has 0 aliphatic heterocycles. The lowest BCUT2D eigenvalue weighted by atomic mass is 10.5. The molecule has 14 heavy (non-hydrogen) atoms. The topological polar surface area (TPSA) is 70.7 Å². The number of ether oxygens (including phenoxy) is 1. The Balaban J connectivity index is 3.38. The van der Waals surface area contributed by atoms with Crippen molar-refractivity contribution in [2.24, 2.45) is 0 Å². The molecule has 0 radical (unpaired) electrons. The van der Waals surface area contributed by atoms with Gasteiger partial charge in [-0.1, -0.05) is 0 Å². The van der Waals surface area contributed by atoms with E-state index in [0.717, 1.165) is 0 Å². The van der Waals surface area contributed by atoms with E-state index >= 15 is 0 Å². The Morgan fingerprint density at radius 3 is 2.29 bits per heavy atom. The second-order valence-corrected chi connectivity index (χ2v) is 2.91. The minimum absolute atomic E-state index is 0.0433. The molecule has 0 heterocycles. The third-order valence-corrected chi connectivity index (χ3v) is 1.41. The molecule has 2 N–H and O–H groups in total. The first-order valence-corrected chi connectivity index (χ1v) is 4.28. The maximum absolute atomic E-state index is 11.0. The van der Waals surface area contributed by atoms with Crippen LogP contribution in [0.15, 0.2) is 0 Å². The minimum Gasteiger partial charge on any atom is -0.375 e. The van der Waals surface area contributed by atoms with Crippen molar-refractivity contribution in [1.82, 2.24) is 15.5 Å². The molecular weight excluding hydrogens is 186 g/mol. The van der Waals surface area contributed by atoms with Crippen LogP contribution in [0.1, 0.15) is 0 Å². The lowest BCUT2D eigenvalue weighted by Gasteiger charge is -2.11. The molecule has 6 heteroatoms. The molecule has 0 aliphatic carbocycles. The third kappa shape index (κ3) is 6.24. The van der Waals surface area contributed by atoms with Gasteiger partial charge < -0.3 is 20.3 Å². The summed E-state index contributed by atoms with van der Waals surface area (Å²) in [5.74, 6) is -0.188. The molecule has 0 bridgehead atoms. The molecule has 6 nitrogen and oxygen atoms in total. The summed E-state index contributed by atoms with van der Waals surface area (Å²) in [6.45, 7) is 0.857. The number of urea groups is 1. The standard InChI is InChI=1S/C8H17N3O3/c1-11(2)8(13)10-5-4-9-7(12)6-14-3/h4-6H2,1-3H3,(H,9,12)(H,10,13). The third-order valence-electron chi connectivity index (χ3n) is 1.41. The number of hydrogen-bond acceptors (Lipinski definition) is 3. The first-order chi connectivity index (χ1) is 6.57. The highest BCUT2D eigenvalue weighted by Crippen LogP contribution is 1.75. The fraction of sp³-hybridized carbons (Fsp3) is 0.750. The summed E-state index contributed by atoms with van der Waals surface area (Å²) in [6.07, 6.45) is 0. The van der Waals surface area contributed by atoms with Gasteiger partial charge in [-0.15, -0.1) is 0 Å². The Bertz CT molecular complexity index is 194. The molecule has 0 atom stereocenters. The van der Waals surface area contributed by atoms with E-state index in [1.54, 1.807) is 14.1 Å². The van der Waals surface area contributed by atoms with Crippen LogP contribution in [0, 0.1) is 0 Å². The van der Waals surface area contributed by atoms with E-state index in [0.29, 0.717) is 13.1 Å². The van der Waals surface area contributed by atoms with E-state index in [-0.39, 0.29) is 18.5 Å². The van der Waals surface area contributed by atoms with Crippen molar-refractivity contribution >= 4 is 11.9 Å². The maximum Gasteiger partial charge on any atom is 0.316 e. The Labute approximate surface area is 83.6 Å². The van der Waals surface area contributed by atoms with E-state index in [2.05, 4.69) is 15.4 Å². The zero-order valence-corrected chi connectivity index (χ0v) is 8.79. The average molecular weight is 203 g/mol. The lowest BCUT2D eigenvalue weighted by molar-refractivity contribution is -0.124. The zero-order valence-electron chi connectivity index (χ0n) is 8.79. The number of methoxy groups -OCH3 is 1. The van der Waals surface area contributed by atoms with Gasteiger partial charge in [-0.05, 0) is 0 Å². The fourth-order valence-electron chi connectivity index (χ4n) is 0.712. The minimum atomic E-state index is -0.188. The smallest absolute Gasteiger partial charge is 0.316 e. The molecule has 0 saturated carbocycles. The number of amides is 3. The van der Waals surface area contributed by atoms with E-state index in [4.69, 9.17) is 0 Å². The molecule has 82 valence electrons. The quantitative estimate of drug-likeness (QED) is 0.564. The monoisotopic (exact) mass is 203 g/mol. The van der Waals surface area contributed by atoms with Crippen molar-refractivity contribution in [1.29, 1.82) is 0 Å². The van der Waals surface area contributed by atoms with Crippen LogP contribution in [0.4, 0.5) is 4.79 Å². The van der Waals surface area contributed by atoms with Crippen molar-refractivity contribution in [2.75, 3.05) is 40.9 Å². The van der Waals surface area contributed by atoms with Crippen molar-refractivity contribution in [3.63, 3.8) is 0 Å². The second-order valence-electron chi connectivity index (χ2n) is 2.91. The summed E-state index contributed by atoms with van der Waals surface area (Å²) in [6, 6.07) is -0.175. The van der Waals surface area contributed by atoms with Crippen molar-refractivity contribution in [2.45, 2.75) is 0 Å². The van der Waals surface area contributed by atoms with Gasteiger partial charge in [0.2, 0.25) is 5.91 Å². The number of carbonyl (C=O) groups is 2. The van der Waals surface area contributed by atoms with Crippen LogP contribution in [0.25, 0.3) is 0 Å². The highest BCUT2D eigenvalue weighted by Gasteiger charge is 2.02. The predicted molar refractivity (Wildman–Crippen MR) is 52.0 cm³/mol. The summed E-state index contributed by atoms with van der Waals surface area (Å²) in [4.78, 5) is 23.3. The van der Waals surface area contributed by atoms with Gasteiger partial charge in [0.15, 0.2) is 0 Å². The van der Waals surface area contributed by atoms with Crippen LogP contribution >= 0.6 is 0 Å². The van der Waals surface area contributed by atoms with Crippen molar-refractivity contribution in [3.8, 4) is 0 Å².